The number of nitrogens with two attached hydrogens (primary N) is 2. The van der Waals surface area contributed by atoms with Crippen molar-refractivity contribution in [2.24, 2.45) is 11.5 Å². The van der Waals surface area contributed by atoms with Crippen LogP contribution in [0.2, 0.25) is 0 Å². The largest absolute Gasteiger partial charge is 0.473 e. The summed E-state index contributed by atoms with van der Waals surface area (Å²) in [5.74, 6) is 0.196. The van der Waals surface area contributed by atoms with E-state index in [0.29, 0.717) is 5.75 Å². The first-order valence-corrected chi connectivity index (χ1v) is 6.12. The lowest BCUT2D eigenvalue weighted by Gasteiger charge is -2.24. The molecule has 0 aliphatic heterocycles. The summed E-state index contributed by atoms with van der Waals surface area (Å²) in [5, 5.41) is 12.5. The summed E-state index contributed by atoms with van der Waals surface area (Å²) in [7, 11) is 0. The molecule has 19 heavy (non-hydrogen) atoms. The van der Waals surface area contributed by atoms with Gasteiger partial charge in [-0.25, -0.2) is 0 Å². The van der Waals surface area contributed by atoms with Gasteiger partial charge in [0.25, 0.3) is 0 Å². The molecule has 0 aliphatic rings. The van der Waals surface area contributed by atoms with Crippen molar-refractivity contribution in [2.45, 2.75) is 38.8 Å². The van der Waals surface area contributed by atoms with Crippen LogP contribution in [0.1, 0.15) is 19.4 Å². The van der Waals surface area contributed by atoms with Crippen LogP contribution in [-0.2, 0) is 11.2 Å². The van der Waals surface area contributed by atoms with Gasteiger partial charge < -0.3 is 21.3 Å². The summed E-state index contributed by atoms with van der Waals surface area (Å²) in [6, 6.07) is 6.95. The average molecular weight is 267 g/mol. The van der Waals surface area contributed by atoms with Gasteiger partial charge in [0, 0.05) is 0 Å². The molecule has 0 spiro atoms. The predicted octanol–water partition coefficient (Wildman–Crippen LogP) is -0.306. The van der Waals surface area contributed by atoms with E-state index < -0.39 is 12.3 Å². The molecule has 1 amide bonds. The van der Waals surface area contributed by atoms with Gasteiger partial charge in [0.1, 0.15) is 11.9 Å². The number of nitrogens with one attached hydrogen (secondary N) is 1. The summed E-state index contributed by atoms with van der Waals surface area (Å²) >= 11 is 0. The van der Waals surface area contributed by atoms with Crippen molar-refractivity contribution in [3.05, 3.63) is 29.8 Å². The highest BCUT2D eigenvalue weighted by molar-refractivity contribution is 5.76. The van der Waals surface area contributed by atoms with Crippen LogP contribution in [0.15, 0.2) is 24.3 Å². The van der Waals surface area contributed by atoms with E-state index in [1.807, 2.05) is 0 Å². The van der Waals surface area contributed by atoms with Crippen LogP contribution in [0.4, 0.5) is 0 Å². The molecule has 0 saturated heterocycles. The maximum Gasteiger partial charge on any atom is 0.221 e. The van der Waals surface area contributed by atoms with Gasteiger partial charge >= 0.3 is 0 Å². The molecule has 1 aromatic carbocycles. The van der Waals surface area contributed by atoms with Crippen LogP contribution in [0.3, 0.4) is 0 Å². The average Bonchev–Trinajstić information content (AvgIpc) is 2.29. The zero-order valence-electron chi connectivity index (χ0n) is 11.2. The first kappa shape index (κ1) is 15.4. The van der Waals surface area contributed by atoms with Crippen molar-refractivity contribution in [3.8, 4) is 5.75 Å². The van der Waals surface area contributed by atoms with E-state index in [0.717, 1.165) is 5.56 Å². The topological polar surface area (TPSA) is 111 Å². The van der Waals surface area contributed by atoms with E-state index in [-0.39, 0.29) is 18.5 Å². The van der Waals surface area contributed by atoms with Crippen LogP contribution >= 0.6 is 0 Å². The van der Waals surface area contributed by atoms with Gasteiger partial charge in [-0.2, -0.15) is 0 Å². The molecule has 0 fully saturated rings. The van der Waals surface area contributed by atoms with E-state index in [4.69, 9.17) is 16.2 Å². The van der Waals surface area contributed by atoms with Crippen molar-refractivity contribution in [3.63, 3.8) is 0 Å². The summed E-state index contributed by atoms with van der Waals surface area (Å²) < 4.78 is 5.59. The number of carbonyl (C=O) groups is 1. The third kappa shape index (κ3) is 5.69. The summed E-state index contributed by atoms with van der Waals surface area (Å²) in [5.41, 5.74) is 11.5. The van der Waals surface area contributed by atoms with Crippen molar-refractivity contribution < 1.29 is 14.6 Å². The molecule has 3 atom stereocenters. The third-order valence-electron chi connectivity index (χ3n) is 2.43. The van der Waals surface area contributed by atoms with Gasteiger partial charge in [-0.15, -0.1) is 0 Å². The zero-order chi connectivity index (χ0) is 14.4. The van der Waals surface area contributed by atoms with E-state index in [1.54, 1.807) is 38.1 Å². The fourth-order valence-corrected chi connectivity index (χ4v) is 1.56. The number of aliphatic hydroxyl groups excluding tert-OH is 1. The Hall–Kier alpha value is -1.63. The normalized spacial score (nSPS) is 15.6. The van der Waals surface area contributed by atoms with E-state index >= 15 is 0 Å². The molecule has 0 bridgehead atoms. The minimum atomic E-state index is -0.712. The van der Waals surface area contributed by atoms with Crippen LogP contribution in [0, 0.1) is 0 Å². The number of aliphatic hydroxyl groups is 1. The number of primary amides is 1. The monoisotopic (exact) mass is 267 g/mol. The standard InChI is InChI=1S/C13H21N3O3/c1-8(17)13(16-9(2)14)19-11-5-3-10(4-6-11)7-12(15)18/h3-6,8-9,13,16-17H,7,14H2,1-2H3,(H2,15,18). The van der Waals surface area contributed by atoms with Crippen LogP contribution in [0.25, 0.3) is 0 Å². The number of rotatable bonds is 7. The number of hydrogen-bond donors (Lipinski definition) is 4. The zero-order valence-corrected chi connectivity index (χ0v) is 11.2. The number of hydrogen-bond acceptors (Lipinski definition) is 5. The summed E-state index contributed by atoms with van der Waals surface area (Å²) in [6.07, 6.45) is -1.41. The van der Waals surface area contributed by atoms with Gasteiger partial charge in [0.15, 0.2) is 6.23 Å². The fourth-order valence-electron chi connectivity index (χ4n) is 1.56. The predicted molar refractivity (Wildman–Crippen MR) is 72.2 cm³/mol. The molecular formula is C13H21N3O3. The molecule has 0 radical (unpaired) electrons. The maximum absolute atomic E-state index is 10.8. The van der Waals surface area contributed by atoms with Crippen LogP contribution in [-0.4, -0.2) is 29.5 Å². The Morgan fingerprint density at radius 3 is 2.37 bits per heavy atom. The van der Waals surface area contributed by atoms with Gasteiger partial charge in [0.05, 0.1) is 12.6 Å². The second-order valence-electron chi connectivity index (χ2n) is 4.52. The number of carbonyl (C=O) groups excluding carboxylic acids is 1. The van der Waals surface area contributed by atoms with Crippen molar-refractivity contribution in [1.82, 2.24) is 5.32 Å². The molecule has 0 saturated carbocycles. The Morgan fingerprint density at radius 2 is 1.95 bits per heavy atom. The molecule has 0 heterocycles. The van der Waals surface area contributed by atoms with Gasteiger partial charge in [-0.05, 0) is 31.5 Å². The molecule has 6 heteroatoms. The van der Waals surface area contributed by atoms with Crippen LogP contribution < -0.4 is 21.5 Å². The molecular weight excluding hydrogens is 246 g/mol. The highest BCUT2D eigenvalue weighted by atomic mass is 16.5. The lowest BCUT2D eigenvalue weighted by Crippen LogP contribution is -2.50. The fraction of sp³-hybridized carbons (Fsp3) is 0.462. The van der Waals surface area contributed by atoms with Gasteiger partial charge in [0.2, 0.25) is 5.91 Å². The Labute approximate surface area is 112 Å². The first-order chi connectivity index (χ1) is 8.88. The van der Waals surface area contributed by atoms with E-state index in [1.165, 1.54) is 0 Å². The molecule has 0 aliphatic carbocycles. The van der Waals surface area contributed by atoms with Crippen LogP contribution in [0.5, 0.6) is 5.75 Å². The van der Waals surface area contributed by atoms with Gasteiger partial charge in [-0.1, -0.05) is 12.1 Å². The molecule has 1 rings (SSSR count). The number of ether oxygens (including phenoxy) is 1. The molecule has 6 N–H and O–H groups in total. The molecule has 6 nitrogen and oxygen atoms in total. The molecule has 1 aromatic rings. The lowest BCUT2D eigenvalue weighted by atomic mass is 10.1. The van der Waals surface area contributed by atoms with Gasteiger partial charge in [-0.3, -0.25) is 10.1 Å². The third-order valence-corrected chi connectivity index (χ3v) is 2.43. The Morgan fingerprint density at radius 1 is 1.37 bits per heavy atom. The summed E-state index contributed by atoms with van der Waals surface area (Å²) in [6.45, 7) is 3.37. The quantitative estimate of drug-likeness (QED) is 0.507. The lowest BCUT2D eigenvalue weighted by molar-refractivity contribution is -0.117. The molecule has 0 aromatic heterocycles. The van der Waals surface area contributed by atoms with Crippen molar-refractivity contribution >= 4 is 5.91 Å². The summed E-state index contributed by atoms with van der Waals surface area (Å²) in [4.78, 5) is 10.8. The molecule has 106 valence electrons. The highest BCUT2D eigenvalue weighted by Gasteiger charge is 2.17. The minimum Gasteiger partial charge on any atom is -0.473 e. The Bertz CT molecular complexity index is 404. The second-order valence-corrected chi connectivity index (χ2v) is 4.52. The first-order valence-electron chi connectivity index (χ1n) is 6.12. The highest BCUT2D eigenvalue weighted by Crippen LogP contribution is 2.14. The van der Waals surface area contributed by atoms with E-state index in [2.05, 4.69) is 5.32 Å². The maximum atomic E-state index is 10.8. The smallest absolute Gasteiger partial charge is 0.221 e. The van der Waals surface area contributed by atoms with Crippen molar-refractivity contribution in [2.75, 3.05) is 0 Å². The SMILES string of the molecule is CC(N)NC(Oc1ccc(CC(N)=O)cc1)C(C)O. The number of benzene rings is 1. The minimum absolute atomic E-state index is 0.193. The van der Waals surface area contributed by atoms with Crippen molar-refractivity contribution in [1.29, 1.82) is 0 Å². The molecule has 3 unspecified atom stereocenters. The Kier molecular flexibility index (Phi) is 5.75. The Balaban J connectivity index is 2.66. The van der Waals surface area contributed by atoms with E-state index in [9.17, 15) is 9.90 Å². The number of amides is 1. The second kappa shape index (κ2) is 7.08.